The predicted octanol–water partition coefficient (Wildman–Crippen LogP) is 2.76. The van der Waals surface area contributed by atoms with E-state index < -0.39 is 5.97 Å². The van der Waals surface area contributed by atoms with Gasteiger partial charge in [0, 0.05) is 18.7 Å². The van der Waals surface area contributed by atoms with E-state index in [1.54, 1.807) is 18.5 Å². The second-order valence-corrected chi connectivity index (χ2v) is 3.83. The van der Waals surface area contributed by atoms with Gasteiger partial charge in [0.1, 0.15) is 5.75 Å². The van der Waals surface area contributed by atoms with E-state index in [9.17, 15) is 4.79 Å². The van der Waals surface area contributed by atoms with Gasteiger partial charge in [-0.3, -0.25) is 9.78 Å². The van der Waals surface area contributed by atoms with Gasteiger partial charge >= 0.3 is 5.97 Å². The first-order valence-corrected chi connectivity index (χ1v) is 5.51. The minimum atomic E-state index is -0.750. The Morgan fingerprint density at radius 3 is 2.88 bits per heavy atom. The molecule has 5 heteroatoms. The Hall–Kier alpha value is -1.29. The Bertz CT molecular complexity index is 344. The number of aliphatic carboxylic acids is 1. The Kier molecular flexibility index (Phi) is 5.64. The van der Waals surface area contributed by atoms with E-state index in [0.29, 0.717) is 23.8 Å². The van der Waals surface area contributed by atoms with Crippen molar-refractivity contribution in [3.05, 3.63) is 23.5 Å². The van der Waals surface area contributed by atoms with Gasteiger partial charge in [0.2, 0.25) is 0 Å². The number of hydrogen-bond acceptors (Lipinski definition) is 3. The number of hydrogen-bond donors (Lipinski definition) is 1. The fraction of sp³-hybridized carbons (Fsp3) is 0.455. The highest BCUT2D eigenvalue weighted by Crippen LogP contribution is 2.15. The number of carboxylic acids is 1. The fourth-order valence-electron chi connectivity index (χ4n) is 1.22. The lowest BCUT2D eigenvalue weighted by molar-refractivity contribution is -0.137. The van der Waals surface area contributed by atoms with Gasteiger partial charge in [-0.2, -0.15) is 0 Å². The largest absolute Gasteiger partial charge is 0.492 e. The molecule has 1 rings (SSSR count). The standard InChI is InChI=1S/C11H14ClNO3/c12-9-6-10(8-13-7-9)16-5-3-1-2-4-11(14)15/h6-8H,1-5H2,(H,14,15). The van der Waals surface area contributed by atoms with Crippen LogP contribution < -0.4 is 4.74 Å². The third kappa shape index (κ3) is 5.56. The van der Waals surface area contributed by atoms with Crippen molar-refractivity contribution < 1.29 is 14.6 Å². The minimum absolute atomic E-state index is 0.221. The summed E-state index contributed by atoms with van der Waals surface area (Å²) in [5.74, 6) is -0.106. The zero-order chi connectivity index (χ0) is 11.8. The van der Waals surface area contributed by atoms with Crippen molar-refractivity contribution in [3.8, 4) is 5.75 Å². The quantitative estimate of drug-likeness (QED) is 0.748. The molecule has 0 amide bonds. The molecule has 4 nitrogen and oxygen atoms in total. The molecule has 0 aliphatic rings. The molecule has 0 saturated heterocycles. The summed E-state index contributed by atoms with van der Waals surface area (Å²) in [4.78, 5) is 14.1. The molecule has 0 saturated carbocycles. The van der Waals surface area contributed by atoms with Crippen molar-refractivity contribution in [3.63, 3.8) is 0 Å². The van der Waals surface area contributed by atoms with E-state index >= 15 is 0 Å². The van der Waals surface area contributed by atoms with Crippen LogP contribution in [0.2, 0.25) is 5.02 Å². The van der Waals surface area contributed by atoms with Gasteiger partial charge in [-0.25, -0.2) is 0 Å². The highest BCUT2D eigenvalue weighted by atomic mass is 35.5. The third-order valence-corrected chi connectivity index (χ3v) is 2.19. The Balaban J connectivity index is 2.09. The molecule has 0 aromatic carbocycles. The van der Waals surface area contributed by atoms with Crippen LogP contribution in [0.25, 0.3) is 0 Å². The predicted molar refractivity (Wildman–Crippen MR) is 60.8 cm³/mol. The van der Waals surface area contributed by atoms with E-state index in [1.165, 1.54) is 0 Å². The zero-order valence-corrected chi connectivity index (χ0v) is 9.61. The molecule has 0 aliphatic heterocycles. The van der Waals surface area contributed by atoms with Crippen molar-refractivity contribution >= 4 is 17.6 Å². The molecule has 0 unspecified atom stereocenters. The molecule has 0 spiro atoms. The summed E-state index contributed by atoms with van der Waals surface area (Å²) in [7, 11) is 0. The van der Waals surface area contributed by atoms with E-state index in [1.807, 2.05) is 0 Å². The van der Waals surface area contributed by atoms with Gasteiger partial charge in [-0.05, 0) is 19.3 Å². The lowest BCUT2D eigenvalue weighted by Crippen LogP contribution is -1.99. The van der Waals surface area contributed by atoms with E-state index in [4.69, 9.17) is 21.4 Å². The highest BCUT2D eigenvalue weighted by molar-refractivity contribution is 6.30. The number of nitrogens with zero attached hydrogens (tertiary/aromatic N) is 1. The molecule has 0 bridgehead atoms. The van der Waals surface area contributed by atoms with Crippen LogP contribution in [0.1, 0.15) is 25.7 Å². The molecular weight excluding hydrogens is 230 g/mol. The maximum Gasteiger partial charge on any atom is 0.303 e. The number of rotatable bonds is 7. The van der Waals surface area contributed by atoms with Crippen LogP contribution in [0.5, 0.6) is 5.75 Å². The summed E-state index contributed by atoms with van der Waals surface area (Å²) in [6, 6.07) is 1.70. The molecule has 0 fully saturated rings. The Morgan fingerprint density at radius 2 is 2.19 bits per heavy atom. The van der Waals surface area contributed by atoms with E-state index in [0.717, 1.165) is 12.8 Å². The van der Waals surface area contributed by atoms with Gasteiger partial charge < -0.3 is 9.84 Å². The molecule has 1 N–H and O–H groups in total. The SMILES string of the molecule is O=C(O)CCCCCOc1cncc(Cl)c1. The van der Waals surface area contributed by atoms with Gasteiger partial charge in [0.05, 0.1) is 17.8 Å². The first-order valence-electron chi connectivity index (χ1n) is 5.13. The van der Waals surface area contributed by atoms with Crippen molar-refractivity contribution in [1.82, 2.24) is 4.98 Å². The van der Waals surface area contributed by atoms with Gasteiger partial charge in [-0.15, -0.1) is 0 Å². The third-order valence-electron chi connectivity index (χ3n) is 1.98. The number of aromatic nitrogens is 1. The number of ether oxygens (including phenoxy) is 1. The van der Waals surface area contributed by atoms with E-state index in [2.05, 4.69) is 4.98 Å². The summed E-state index contributed by atoms with van der Waals surface area (Å²) in [5.41, 5.74) is 0. The van der Waals surface area contributed by atoms with Crippen LogP contribution in [0, 0.1) is 0 Å². The molecule has 0 radical (unpaired) electrons. The van der Waals surface area contributed by atoms with Crippen molar-refractivity contribution in [1.29, 1.82) is 0 Å². The summed E-state index contributed by atoms with van der Waals surface area (Å²) in [6.07, 6.45) is 5.73. The molecule has 0 atom stereocenters. The second kappa shape index (κ2) is 7.06. The first-order chi connectivity index (χ1) is 7.68. The monoisotopic (exact) mass is 243 g/mol. The average Bonchev–Trinajstić information content (AvgIpc) is 2.23. The van der Waals surface area contributed by atoms with Gasteiger partial charge in [0.15, 0.2) is 0 Å². The maximum atomic E-state index is 10.2. The lowest BCUT2D eigenvalue weighted by Gasteiger charge is -2.05. The maximum absolute atomic E-state index is 10.2. The number of halogens is 1. The van der Waals surface area contributed by atoms with Crippen LogP contribution in [-0.4, -0.2) is 22.7 Å². The molecule has 16 heavy (non-hydrogen) atoms. The molecule has 1 aromatic heterocycles. The number of carbonyl (C=O) groups is 1. The highest BCUT2D eigenvalue weighted by Gasteiger charge is 1.98. The second-order valence-electron chi connectivity index (χ2n) is 3.39. The molecular formula is C11H14ClNO3. The van der Waals surface area contributed by atoms with E-state index in [-0.39, 0.29) is 6.42 Å². The number of carboxylic acid groups (broad SMARTS) is 1. The van der Waals surface area contributed by atoms with Gasteiger partial charge in [0.25, 0.3) is 0 Å². The molecule has 88 valence electrons. The van der Waals surface area contributed by atoms with Crippen LogP contribution in [0.4, 0.5) is 0 Å². The summed E-state index contributed by atoms with van der Waals surface area (Å²) >= 11 is 5.73. The first kappa shape index (κ1) is 12.8. The van der Waals surface area contributed by atoms with Crippen LogP contribution in [-0.2, 0) is 4.79 Å². The normalized spacial score (nSPS) is 10.1. The summed E-state index contributed by atoms with van der Waals surface area (Å²) in [5, 5.41) is 8.97. The number of unbranched alkanes of at least 4 members (excludes halogenated alkanes) is 2. The van der Waals surface area contributed by atoms with Crippen molar-refractivity contribution in [2.75, 3.05) is 6.61 Å². The number of pyridine rings is 1. The van der Waals surface area contributed by atoms with Crippen molar-refractivity contribution in [2.45, 2.75) is 25.7 Å². The fourth-order valence-corrected chi connectivity index (χ4v) is 1.38. The van der Waals surface area contributed by atoms with Gasteiger partial charge in [-0.1, -0.05) is 11.6 Å². The molecule has 1 heterocycles. The Morgan fingerprint density at radius 1 is 1.38 bits per heavy atom. The van der Waals surface area contributed by atoms with Crippen LogP contribution in [0.3, 0.4) is 0 Å². The average molecular weight is 244 g/mol. The smallest absolute Gasteiger partial charge is 0.303 e. The van der Waals surface area contributed by atoms with Crippen molar-refractivity contribution in [2.24, 2.45) is 0 Å². The molecule has 0 aliphatic carbocycles. The summed E-state index contributed by atoms with van der Waals surface area (Å²) in [6.45, 7) is 0.557. The molecule has 1 aromatic rings. The van der Waals surface area contributed by atoms with Crippen LogP contribution in [0.15, 0.2) is 18.5 Å². The minimum Gasteiger partial charge on any atom is -0.492 e. The summed E-state index contributed by atoms with van der Waals surface area (Å²) < 4.78 is 5.40. The zero-order valence-electron chi connectivity index (χ0n) is 8.86. The lowest BCUT2D eigenvalue weighted by atomic mass is 10.2. The topological polar surface area (TPSA) is 59.4 Å². The Labute approximate surface area is 99.2 Å². The van der Waals surface area contributed by atoms with Crippen LogP contribution >= 0.6 is 11.6 Å².